The summed E-state index contributed by atoms with van der Waals surface area (Å²) < 4.78 is 0. The fraction of sp³-hybridized carbons (Fsp3) is 0.188. The van der Waals surface area contributed by atoms with Crippen LogP contribution in [0.4, 0.5) is 0 Å². The number of hydrogen-bond acceptors (Lipinski definition) is 1. The van der Waals surface area contributed by atoms with Gasteiger partial charge in [-0.2, -0.15) is 0 Å². The molecule has 0 bridgehead atoms. The van der Waals surface area contributed by atoms with Gasteiger partial charge < -0.3 is 0 Å². The van der Waals surface area contributed by atoms with Crippen LogP contribution in [0.2, 0.25) is 0 Å². The van der Waals surface area contributed by atoms with Gasteiger partial charge in [0.1, 0.15) is 0 Å². The molecule has 86 valence electrons. The Bertz CT molecular complexity index is 493. The molecular weight excluding hydrogens is 206 g/mol. The van der Waals surface area contributed by atoms with Crippen LogP contribution in [0, 0.1) is 11.8 Å². The highest BCUT2D eigenvalue weighted by Gasteiger charge is 1.91. The van der Waals surface area contributed by atoms with E-state index < -0.39 is 0 Å². The highest BCUT2D eigenvalue weighted by molar-refractivity contribution is 5.48. The van der Waals surface area contributed by atoms with Gasteiger partial charge in [-0.3, -0.25) is 4.98 Å². The Labute approximate surface area is 104 Å². The fourth-order valence-electron chi connectivity index (χ4n) is 1.35. The highest BCUT2D eigenvalue weighted by Crippen LogP contribution is 2.07. The molecule has 0 N–H and O–H groups in total. The molecule has 0 fully saturated rings. The topological polar surface area (TPSA) is 12.9 Å². The van der Waals surface area contributed by atoms with E-state index in [-0.39, 0.29) is 0 Å². The molecule has 0 amide bonds. The van der Waals surface area contributed by atoms with Crippen molar-refractivity contribution in [3.05, 3.63) is 65.5 Å². The lowest BCUT2D eigenvalue weighted by Gasteiger charge is -1.95. The predicted molar refractivity (Wildman–Crippen MR) is 73.4 cm³/mol. The second-order valence-corrected chi connectivity index (χ2v) is 3.59. The van der Waals surface area contributed by atoms with Crippen LogP contribution in [0.3, 0.4) is 0 Å². The van der Waals surface area contributed by atoms with Crippen molar-refractivity contribution in [2.45, 2.75) is 20.8 Å². The molecule has 0 unspecified atom stereocenters. The first kappa shape index (κ1) is 13.0. The van der Waals surface area contributed by atoms with E-state index in [1.165, 1.54) is 5.57 Å². The SMILES string of the molecule is C\C=C/C(C)=C(C#Cc1cccnc1)\C=C\C. The van der Waals surface area contributed by atoms with Crippen molar-refractivity contribution in [3.63, 3.8) is 0 Å². The Balaban J connectivity index is 3.05. The number of aromatic nitrogens is 1. The van der Waals surface area contributed by atoms with Crippen molar-refractivity contribution in [3.8, 4) is 11.8 Å². The molecule has 1 heterocycles. The molecule has 0 radical (unpaired) electrons. The maximum absolute atomic E-state index is 4.04. The third-order valence-electron chi connectivity index (χ3n) is 2.18. The average Bonchev–Trinajstić information content (AvgIpc) is 2.36. The van der Waals surface area contributed by atoms with Crippen LogP contribution in [-0.4, -0.2) is 4.98 Å². The second kappa shape index (κ2) is 7.24. The molecule has 1 aromatic rings. The third-order valence-corrected chi connectivity index (χ3v) is 2.18. The van der Waals surface area contributed by atoms with Crippen molar-refractivity contribution < 1.29 is 0 Å². The zero-order chi connectivity index (χ0) is 12.5. The van der Waals surface area contributed by atoms with E-state index in [4.69, 9.17) is 0 Å². The first-order chi connectivity index (χ1) is 8.27. The van der Waals surface area contributed by atoms with Gasteiger partial charge in [0.15, 0.2) is 0 Å². The lowest BCUT2D eigenvalue weighted by atomic mass is 10.1. The van der Waals surface area contributed by atoms with Crippen LogP contribution in [0.5, 0.6) is 0 Å². The zero-order valence-corrected chi connectivity index (χ0v) is 10.6. The van der Waals surface area contributed by atoms with Crippen LogP contribution >= 0.6 is 0 Å². The lowest BCUT2D eigenvalue weighted by Crippen LogP contribution is -1.81. The summed E-state index contributed by atoms with van der Waals surface area (Å²) in [6, 6.07) is 3.85. The Morgan fingerprint density at radius 3 is 2.59 bits per heavy atom. The molecule has 1 nitrogen and oxygen atoms in total. The number of hydrogen-bond donors (Lipinski definition) is 0. The van der Waals surface area contributed by atoms with Crippen LogP contribution in [0.25, 0.3) is 0 Å². The van der Waals surface area contributed by atoms with Crippen molar-refractivity contribution in [2.24, 2.45) is 0 Å². The number of rotatable bonds is 2. The fourth-order valence-corrected chi connectivity index (χ4v) is 1.35. The quantitative estimate of drug-likeness (QED) is 0.547. The lowest BCUT2D eigenvalue weighted by molar-refractivity contribution is 1.31. The van der Waals surface area contributed by atoms with Gasteiger partial charge >= 0.3 is 0 Å². The normalized spacial score (nSPS) is 12.4. The zero-order valence-electron chi connectivity index (χ0n) is 10.6. The van der Waals surface area contributed by atoms with Crippen LogP contribution in [0.1, 0.15) is 26.3 Å². The monoisotopic (exact) mass is 223 g/mol. The van der Waals surface area contributed by atoms with E-state index in [9.17, 15) is 0 Å². The summed E-state index contributed by atoms with van der Waals surface area (Å²) in [6.45, 7) is 6.06. The minimum atomic E-state index is 0.933. The maximum atomic E-state index is 4.04. The summed E-state index contributed by atoms with van der Waals surface area (Å²) in [6.07, 6.45) is 11.6. The van der Waals surface area contributed by atoms with Crippen LogP contribution in [0.15, 0.2) is 60.0 Å². The molecular formula is C16H17N. The largest absolute Gasteiger partial charge is 0.263 e. The summed E-state index contributed by atoms with van der Waals surface area (Å²) in [7, 11) is 0. The summed E-state index contributed by atoms with van der Waals surface area (Å²) >= 11 is 0. The molecule has 1 heteroatoms. The molecule has 0 saturated carbocycles. The van der Waals surface area contributed by atoms with E-state index in [0.29, 0.717) is 0 Å². The number of allylic oxidation sites excluding steroid dienone is 6. The van der Waals surface area contributed by atoms with Gasteiger partial charge in [-0.1, -0.05) is 36.1 Å². The van der Waals surface area contributed by atoms with E-state index in [1.807, 2.05) is 44.2 Å². The first-order valence-corrected chi connectivity index (χ1v) is 5.66. The van der Waals surface area contributed by atoms with Gasteiger partial charge in [0.2, 0.25) is 0 Å². The number of nitrogens with zero attached hydrogens (tertiary/aromatic N) is 1. The molecule has 1 aromatic heterocycles. The smallest absolute Gasteiger partial charge is 0.0432 e. The van der Waals surface area contributed by atoms with E-state index in [0.717, 1.165) is 11.1 Å². The van der Waals surface area contributed by atoms with E-state index in [2.05, 4.69) is 29.8 Å². The average molecular weight is 223 g/mol. The maximum Gasteiger partial charge on any atom is 0.0432 e. The molecule has 0 aromatic carbocycles. The van der Waals surface area contributed by atoms with Crippen LogP contribution < -0.4 is 0 Å². The molecule has 1 rings (SSSR count). The van der Waals surface area contributed by atoms with E-state index in [1.54, 1.807) is 12.4 Å². The second-order valence-electron chi connectivity index (χ2n) is 3.59. The molecule has 0 aliphatic carbocycles. The summed E-state index contributed by atoms with van der Waals surface area (Å²) in [4.78, 5) is 4.04. The highest BCUT2D eigenvalue weighted by atomic mass is 14.6. The predicted octanol–water partition coefficient (Wildman–Crippen LogP) is 3.90. The minimum absolute atomic E-state index is 0.933. The van der Waals surface area contributed by atoms with Gasteiger partial charge in [0.25, 0.3) is 0 Å². The van der Waals surface area contributed by atoms with E-state index >= 15 is 0 Å². The van der Waals surface area contributed by atoms with Crippen LogP contribution in [-0.2, 0) is 0 Å². The van der Waals surface area contributed by atoms with Gasteiger partial charge in [0, 0.05) is 23.5 Å². The van der Waals surface area contributed by atoms with Crippen molar-refractivity contribution in [2.75, 3.05) is 0 Å². The number of pyridine rings is 1. The molecule has 0 saturated heterocycles. The standard InChI is InChI=1S/C16H17N/c1-4-7-14(3)16(8-5-2)11-10-15-9-6-12-17-13-15/h4-9,12-13H,1-3H3/b7-4-,8-5+,16-14+. The van der Waals surface area contributed by atoms with Gasteiger partial charge in [-0.05, 0) is 38.5 Å². The van der Waals surface area contributed by atoms with Gasteiger partial charge in [0.05, 0.1) is 0 Å². The van der Waals surface area contributed by atoms with Gasteiger partial charge in [-0.15, -0.1) is 0 Å². The van der Waals surface area contributed by atoms with Crippen molar-refractivity contribution in [1.29, 1.82) is 0 Å². The molecule has 0 atom stereocenters. The first-order valence-electron chi connectivity index (χ1n) is 5.66. The molecule has 17 heavy (non-hydrogen) atoms. The molecule has 0 aliphatic heterocycles. The van der Waals surface area contributed by atoms with Crippen molar-refractivity contribution >= 4 is 0 Å². The molecule has 0 aliphatic rings. The Morgan fingerprint density at radius 1 is 1.24 bits per heavy atom. The van der Waals surface area contributed by atoms with Crippen molar-refractivity contribution in [1.82, 2.24) is 4.98 Å². The summed E-state index contributed by atoms with van der Waals surface area (Å²) in [5.74, 6) is 6.29. The Hall–Kier alpha value is -2.07. The Kier molecular flexibility index (Phi) is 5.54. The molecule has 0 spiro atoms. The Morgan fingerprint density at radius 2 is 2.00 bits per heavy atom. The summed E-state index contributed by atoms with van der Waals surface area (Å²) in [5.41, 5.74) is 3.14. The third kappa shape index (κ3) is 4.53. The van der Waals surface area contributed by atoms with Gasteiger partial charge in [-0.25, -0.2) is 0 Å². The minimum Gasteiger partial charge on any atom is -0.263 e. The summed E-state index contributed by atoms with van der Waals surface area (Å²) in [5, 5.41) is 0.